The van der Waals surface area contributed by atoms with Gasteiger partial charge >= 0.3 is 0 Å². The van der Waals surface area contributed by atoms with Gasteiger partial charge in [-0.3, -0.25) is 3.71 Å². The number of thiocarbonyl (C=S) groups is 1. The van der Waals surface area contributed by atoms with Gasteiger partial charge in [0, 0.05) is 17.9 Å². The number of hydrogen-bond acceptors (Lipinski definition) is 3. The van der Waals surface area contributed by atoms with Gasteiger partial charge in [0.1, 0.15) is 4.99 Å². The van der Waals surface area contributed by atoms with Crippen molar-refractivity contribution in [3.63, 3.8) is 0 Å². The summed E-state index contributed by atoms with van der Waals surface area (Å²) >= 11 is 9.07. The third-order valence-electron chi connectivity index (χ3n) is 2.24. The Morgan fingerprint density at radius 1 is 1.33 bits per heavy atom. The van der Waals surface area contributed by atoms with E-state index in [9.17, 15) is 0 Å². The molecule has 18 heavy (non-hydrogen) atoms. The molecule has 0 aliphatic heterocycles. The van der Waals surface area contributed by atoms with Gasteiger partial charge in [0.05, 0.1) is 0 Å². The molecule has 0 aliphatic rings. The molecule has 0 heterocycles. The molecule has 0 aliphatic carbocycles. The first-order valence-corrected chi connectivity index (χ1v) is 8.30. The maximum Gasteiger partial charge on any atom is 0.104 e. The summed E-state index contributed by atoms with van der Waals surface area (Å²) in [6.07, 6.45) is 2.68. The Hall–Kier alpha value is -0.450. The van der Waals surface area contributed by atoms with Crippen LogP contribution in [0.1, 0.15) is 25.0 Å². The molecule has 0 atom stereocenters. The highest BCUT2D eigenvalue weighted by Gasteiger charge is 2.10. The Kier molecular flexibility index (Phi) is 7.47. The van der Waals surface area contributed by atoms with Gasteiger partial charge in [0.2, 0.25) is 0 Å². The van der Waals surface area contributed by atoms with Crippen LogP contribution in [0.15, 0.2) is 30.8 Å². The van der Waals surface area contributed by atoms with Crippen molar-refractivity contribution in [3.8, 4) is 0 Å². The summed E-state index contributed by atoms with van der Waals surface area (Å²) in [5.74, 6) is 2.08. The van der Waals surface area contributed by atoms with Gasteiger partial charge in [0.25, 0.3) is 0 Å². The summed E-state index contributed by atoms with van der Waals surface area (Å²) in [4.78, 5) is 0.981. The van der Waals surface area contributed by atoms with E-state index in [2.05, 4.69) is 48.4 Å². The van der Waals surface area contributed by atoms with Crippen molar-refractivity contribution in [1.29, 1.82) is 0 Å². The van der Waals surface area contributed by atoms with Gasteiger partial charge in [-0.05, 0) is 35.0 Å². The molecule has 0 spiro atoms. The highest BCUT2D eigenvalue weighted by Crippen LogP contribution is 2.24. The molecule has 0 fully saturated rings. The predicted octanol–water partition coefficient (Wildman–Crippen LogP) is 4.84. The second-order valence-electron chi connectivity index (χ2n) is 3.61. The molecule has 4 heteroatoms. The van der Waals surface area contributed by atoms with Crippen LogP contribution in [-0.4, -0.2) is 20.2 Å². The van der Waals surface area contributed by atoms with Crippen molar-refractivity contribution in [3.05, 3.63) is 42.0 Å². The maximum absolute atomic E-state index is 5.53. The minimum absolute atomic E-state index is 0.816. The lowest BCUT2D eigenvalue weighted by Gasteiger charge is -2.21. The summed E-state index contributed by atoms with van der Waals surface area (Å²) in [5, 5.41) is 0. The highest BCUT2D eigenvalue weighted by atomic mass is 32.2. The van der Waals surface area contributed by atoms with E-state index in [0.717, 1.165) is 28.5 Å². The van der Waals surface area contributed by atoms with Crippen LogP contribution in [0.25, 0.3) is 6.08 Å². The van der Waals surface area contributed by atoms with Crippen molar-refractivity contribution in [2.24, 2.45) is 0 Å². The quantitative estimate of drug-likeness (QED) is 0.523. The third-order valence-corrected chi connectivity index (χ3v) is 4.86. The molecule has 0 unspecified atom stereocenters. The van der Waals surface area contributed by atoms with Gasteiger partial charge in [-0.2, -0.15) is 0 Å². The molecule has 1 nitrogen and oxygen atoms in total. The van der Waals surface area contributed by atoms with Gasteiger partial charge in [-0.15, -0.1) is 0 Å². The average molecular weight is 298 g/mol. The fourth-order valence-electron chi connectivity index (χ4n) is 1.48. The molecule has 1 aromatic rings. The lowest BCUT2D eigenvalue weighted by Crippen LogP contribution is -2.18. The molecule has 0 bridgehead atoms. The first-order chi connectivity index (χ1) is 8.71. The van der Waals surface area contributed by atoms with Crippen molar-refractivity contribution in [2.75, 3.05) is 11.5 Å². The monoisotopic (exact) mass is 297 g/mol. The summed E-state index contributed by atoms with van der Waals surface area (Å²) in [6, 6.07) is 8.37. The molecule has 1 rings (SSSR count). The number of benzene rings is 1. The molecule has 0 saturated heterocycles. The van der Waals surface area contributed by atoms with E-state index in [1.54, 1.807) is 23.9 Å². The van der Waals surface area contributed by atoms with Gasteiger partial charge < -0.3 is 0 Å². The molecular weight excluding hydrogens is 278 g/mol. The number of rotatable bonds is 7. The van der Waals surface area contributed by atoms with Crippen LogP contribution in [0, 0.1) is 0 Å². The van der Waals surface area contributed by atoms with Crippen LogP contribution >= 0.6 is 36.1 Å². The molecule has 0 N–H and O–H groups in total. The first kappa shape index (κ1) is 15.6. The molecular formula is C14H19NS3. The van der Waals surface area contributed by atoms with Crippen LogP contribution in [0.2, 0.25) is 0 Å². The zero-order chi connectivity index (χ0) is 13.4. The van der Waals surface area contributed by atoms with Crippen LogP contribution < -0.4 is 0 Å². The van der Waals surface area contributed by atoms with Crippen LogP contribution in [-0.2, 0) is 6.42 Å². The summed E-state index contributed by atoms with van der Waals surface area (Å²) in [5.41, 5.74) is 2.39. The van der Waals surface area contributed by atoms with Crippen LogP contribution in [0.5, 0.6) is 0 Å². The molecule has 0 radical (unpaired) electrons. The topological polar surface area (TPSA) is 3.24 Å². The molecule has 1 aromatic carbocycles. The standard InChI is InChI=1S/C14H19NS3/c1-4-12-8-7-9-13(10-12)11-14(16)15(17-5-2)18-6-3/h4,7-10H,1,5-6,11H2,2-3H3. The zero-order valence-corrected chi connectivity index (χ0v) is 13.3. The zero-order valence-electron chi connectivity index (χ0n) is 10.9. The van der Waals surface area contributed by atoms with Crippen LogP contribution in [0.4, 0.5) is 0 Å². The normalized spacial score (nSPS) is 10.1. The van der Waals surface area contributed by atoms with E-state index in [1.165, 1.54) is 5.56 Å². The highest BCUT2D eigenvalue weighted by molar-refractivity contribution is 8.13. The van der Waals surface area contributed by atoms with E-state index in [-0.39, 0.29) is 0 Å². The van der Waals surface area contributed by atoms with Crippen molar-refractivity contribution >= 4 is 47.2 Å². The second kappa shape index (κ2) is 8.62. The number of hydrogen-bond donors (Lipinski definition) is 0. The molecule has 0 saturated carbocycles. The lowest BCUT2D eigenvalue weighted by atomic mass is 10.1. The fourth-order valence-corrected chi connectivity index (χ4v) is 3.78. The Morgan fingerprint density at radius 2 is 2.00 bits per heavy atom. The fraction of sp³-hybridized carbons (Fsp3) is 0.357. The minimum Gasteiger partial charge on any atom is -0.252 e. The predicted molar refractivity (Wildman–Crippen MR) is 90.9 cm³/mol. The SMILES string of the molecule is C=Cc1cccc(CC(=S)N(SCC)SCC)c1. The number of nitrogens with zero attached hydrogens (tertiary/aromatic N) is 1. The molecule has 0 amide bonds. The van der Waals surface area contributed by atoms with Gasteiger partial charge in [-0.1, -0.05) is 63.0 Å². The maximum atomic E-state index is 5.53. The van der Waals surface area contributed by atoms with Crippen LogP contribution in [0.3, 0.4) is 0 Å². The van der Waals surface area contributed by atoms with Gasteiger partial charge in [-0.25, -0.2) is 0 Å². The van der Waals surface area contributed by atoms with E-state index >= 15 is 0 Å². The lowest BCUT2D eigenvalue weighted by molar-refractivity contribution is 1.09. The third kappa shape index (κ3) is 5.04. The Labute approximate surface area is 124 Å². The summed E-state index contributed by atoms with van der Waals surface area (Å²) < 4.78 is 2.16. The van der Waals surface area contributed by atoms with E-state index < -0.39 is 0 Å². The Bertz CT molecular complexity index is 398. The van der Waals surface area contributed by atoms with E-state index in [1.807, 2.05) is 6.08 Å². The largest absolute Gasteiger partial charge is 0.252 e. The summed E-state index contributed by atoms with van der Waals surface area (Å²) in [6.45, 7) is 8.09. The molecule has 98 valence electrons. The summed E-state index contributed by atoms with van der Waals surface area (Å²) in [7, 11) is 0. The Morgan fingerprint density at radius 3 is 2.56 bits per heavy atom. The van der Waals surface area contributed by atoms with Crippen molar-refractivity contribution in [1.82, 2.24) is 3.71 Å². The Balaban J connectivity index is 2.68. The average Bonchev–Trinajstić information content (AvgIpc) is 2.38. The smallest absolute Gasteiger partial charge is 0.104 e. The van der Waals surface area contributed by atoms with Crippen molar-refractivity contribution < 1.29 is 0 Å². The minimum atomic E-state index is 0.816. The molecule has 0 aromatic heterocycles. The van der Waals surface area contributed by atoms with E-state index in [4.69, 9.17) is 12.2 Å². The first-order valence-electron chi connectivity index (χ1n) is 6.01. The van der Waals surface area contributed by atoms with Gasteiger partial charge in [0.15, 0.2) is 0 Å². The van der Waals surface area contributed by atoms with Crippen molar-refractivity contribution in [2.45, 2.75) is 20.3 Å². The second-order valence-corrected chi connectivity index (χ2v) is 6.72. The van der Waals surface area contributed by atoms with E-state index in [0.29, 0.717) is 0 Å².